The summed E-state index contributed by atoms with van der Waals surface area (Å²) in [5, 5.41) is 171. The van der Waals surface area contributed by atoms with Crippen molar-refractivity contribution in [2.45, 2.75) is 193 Å². The Morgan fingerprint density at radius 2 is 0.701 bits per heavy atom. The van der Waals surface area contributed by atoms with Crippen LogP contribution in [0.5, 0.6) is 0 Å². The average Bonchev–Trinajstić information content (AvgIpc) is 3.32. The first-order valence-electron chi connectivity index (χ1n) is 22.4. The standard InChI is InChI=1S/C40H70O27/c1-11-14(4)58-18(8-44)32(22(11)47)64-37-13(3)23(48)33(19(9-45)62-37)65-39-31(56)34(27(52)20(63-39)10-57-38-30(55)28(53)25(50)16(6-42)60-38)66-40-35(29(54)26(51)17(7-43)61-40)67-36-12(2)21(46)24(49)15(5-41)59-36/h11-56H,5-10H2,1-4H3/t11-,12+,13+,14+,15?,16?,17-,18?,19?,20?,21?,22?,23?,24-,25-,26-,27-,28?,29?,30-,31?,32-,33-,34+,35?,36+,37+,38+,39+,40-/m1/s1. The monoisotopic (exact) mass is 982 g/mol. The zero-order valence-corrected chi connectivity index (χ0v) is 37.2. The topological polar surface area (TPSA) is 425 Å². The predicted molar refractivity (Wildman–Crippen MR) is 212 cm³/mol. The Hall–Kier alpha value is -1.08. The van der Waals surface area contributed by atoms with E-state index in [1.807, 2.05) is 0 Å². The molecule has 6 saturated heterocycles. The second kappa shape index (κ2) is 23.6. The van der Waals surface area contributed by atoms with Crippen molar-refractivity contribution in [3.8, 4) is 0 Å². The van der Waals surface area contributed by atoms with Gasteiger partial charge < -0.3 is 134 Å². The van der Waals surface area contributed by atoms with E-state index < -0.39 is 223 Å². The molecule has 67 heavy (non-hydrogen) atoms. The second-order valence-electron chi connectivity index (χ2n) is 18.2. The first-order chi connectivity index (χ1) is 31.7. The van der Waals surface area contributed by atoms with Gasteiger partial charge in [-0.25, -0.2) is 0 Å². The van der Waals surface area contributed by atoms with Crippen LogP contribution in [0.3, 0.4) is 0 Å². The molecule has 0 radical (unpaired) electrons. The summed E-state index contributed by atoms with van der Waals surface area (Å²) in [6, 6.07) is 0. The van der Waals surface area contributed by atoms with E-state index >= 15 is 0 Å². The molecule has 27 heteroatoms. The van der Waals surface area contributed by atoms with Gasteiger partial charge in [-0.1, -0.05) is 20.8 Å². The van der Waals surface area contributed by atoms with Crippen LogP contribution in [0, 0.1) is 17.8 Å². The van der Waals surface area contributed by atoms with Crippen molar-refractivity contribution in [3.63, 3.8) is 0 Å². The fourth-order valence-electron chi connectivity index (χ4n) is 9.13. The molecule has 6 aliphatic heterocycles. The molecular weight excluding hydrogens is 912 g/mol. The zero-order chi connectivity index (χ0) is 49.3. The van der Waals surface area contributed by atoms with Gasteiger partial charge in [0, 0.05) is 17.8 Å². The Labute approximate surface area is 384 Å². The summed E-state index contributed by atoms with van der Waals surface area (Å²) in [5.41, 5.74) is 0. The van der Waals surface area contributed by atoms with Crippen LogP contribution < -0.4 is 0 Å². The third-order valence-electron chi connectivity index (χ3n) is 13.8. The number of hydrogen-bond donors (Lipinski definition) is 16. The van der Waals surface area contributed by atoms with Crippen molar-refractivity contribution >= 4 is 0 Å². The Kier molecular flexibility index (Phi) is 19.5. The van der Waals surface area contributed by atoms with Crippen LogP contribution in [0.1, 0.15) is 27.7 Å². The summed E-state index contributed by atoms with van der Waals surface area (Å²) in [6.45, 7) is 1.65. The summed E-state index contributed by atoms with van der Waals surface area (Å²) in [7, 11) is 0. The molecule has 392 valence electrons. The molecule has 0 aliphatic carbocycles. The highest BCUT2D eigenvalue weighted by Gasteiger charge is 2.57. The Bertz CT molecular complexity index is 1500. The molecule has 6 aliphatic rings. The summed E-state index contributed by atoms with van der Waals surface area (Å²) < 4.78 is 64.6. The van der Waals surface area contributed by atoms with Gasteiger partial charge in [0.1, 0.15) is 110 Å². The first-order valence-corrected chi connectivity index (χ1v) is 22.4. The van der Waals surface area contributed by atoms with E-state index in [0.29, 0.717) is 0 Å². The lowest BCUT2D eigenvalue weighted by Gasteiger charge is -2.50. The molecule has 27 nitrogen and oxygen atoms in total. The van der Waals surface area contributed by atoms with Gasteiger partial charge in [-0.3, -0.25) is 0 Å². The number of ether oxygens (including phenoxy) is 11. The van der Waals surface area contributed by atoms with Gasteiger partial charge in [-0.15, -0.1) is 0 Å². The first kappa shape index (κ1) is 55.2. The van der Waals surface area contributed by atoms with Crippen LogP contribution >= 0.6 is 0 Å². The number of aliphatic hydroxyl groups excluding tert-OH is 16. The maximum atomic E-state index is 11.9. The van der Waals surface area contributed by atoms with E-state index in [-0.39, 0.29) is 0 Å². The minimum absolute atomic E-state index is 0.442. The number of aliphatic hydroxyl groups is 16. The fourth-order valence-corrected chi connectivity index (χ4v) is 9.13. The van der Waals surface area contributed by atoms with E-state index in [1.165, 1.54) is 13.8 Å². The average molecular weight is 983 g/mol. The van der Waals surface area contributed by atoms with Crippen molar-refractivity contribution in [1.82, 2.24) is 0 Å². The van der Waals surface area contributed by atoms with Gasteiger partial charge in [-0.2, -0.15) is 0 Å². The molecule has 0 amide bonds. The Morgan fingerprint density at radius 1 is 0.299 bits per heavy atom. The van der Waals surface area contributed by atoms with Gasteiger partial charge in [0.2, 0.25) is 0 Å². The van der Waals surface area contributed by atoms with Gasteiger partial charge in [0.15, 0.2) is 31.5 Å². The van der Waals surface area contributed by atoms with Crippen LogP contribution in [0.15, 0.2) is 0 Å². The van der Waals surface area contributed by atoms with Gasteiger partial charge in [0.05, 0.1) is 64.1 Å². The molecule has 12 unspecified atom stereocenters. The molecule has 0 aromatic rings. The van der Waals surface area contributed by atoms with Crippen LogP contribution in [0.2, 0.25) is 0 Å². The summed E-state index contributed by atoms with van der Waals surface area (Å²) in [5.74, 6) is -2.52. The predicted octanol–water partition coefficient (Wildman–Crippen LogP) is -9.20. The molecule has 30 atom stereocenters. The van der Waals surface area contributed by atoms with E-state index in [4.69, 9.17) is 52.1 Å². The van der Waals surface area contributed by atoms with Gasteiger partial charge in [0.25, 0.3) is 0 Å². The van der Waals surface area contributed by atoms with Crippen LogP contribution in [-0.2, 0) is 52.1 Å². The minimum atomic E-state index is -2.13. The number of hydrogen-bond acceptors (Lipinski definition) is 27. The van der Waals surface area contributed by atoms with Gasteiger partial charge in [-0.05, 0) is 6.92 Å². The molecule has 0 spiro atoms. The highest BCUT2D eigenvalue weighted by atomic mass is 16.8. The van der Waals surface area contributed by atoms with E-state index in [2.05, 4.69) is 0 Å². The third kappa shape index (κ3) is 11.4. The van der Waals surface area contributed by atoms with Crippen molar-refractivity contribution < 1.29 is 134 Å². The van der Waals surface area contributed by atoms with Crippen molar-refractivity contribution in [2.75, 3.05) is 39.6 Å². The summed E-state index contributed by atoms with van der Waals surface area (Å²) in [4.78, 5) is 0. The van der Waals surface area contributed by atoms with E-state index in [9.17, 15) is 81.7 Å². The zero-order valence-electron chi connectivity index (χ0n) is 37.2. The molecule has 0 saturated carbocycles. The largest absolute Gasteiger partial charge is 0.394 e. The van der Waals surface area contributed by atoms with Gasteiger partial charge >= 0.3 is 0 Å². The lowest BCUT2D eigenvalue weighted by molar-refractivity contribution is -0.397. The van der Waals surface area contributed by atoms with Crippen LogP contribution in [0.4, 0.5) is 0 Å². The molecule has 0 bridgehead atoms. The SMILES string of the molecule is C[C@@H]1OC(CO)[C@@H](O[C@@H]2OC(CO)[C@@H](O[C@@H]3OC(CO[C@H]4OC(CO)[C@@H](O)C(O)[C@H]4O)[C@@H](O)[C@H](O[C@H]4O[C@H](CO)[C@@H](O)C(O)C4O[C@@H]4OC(CO)[C@@H](O)C(O)[C@@H]4C)C3O)C(O)[C@@H]2C)C(O)[C@@H]1C. The fraction of sp³-hybridized carbons (Fsp3) is 1.00. The van der Waals surface area contributed by atoms with Crippen LogP contribution in [-0.4, -0.2) is 287 Å². The molecule has 6 rings (SSSR count). The maximum Gasteiger partial charge on any atom is 0.187 e. The lowest BCUT2D eigenvalue weighted by Crippen LogP contribution is -2.67. The quantitative estimate of drug-likeness (QED) is 0.0683. The highest BCUT2D eigenvalue weighted by molar-refractivity contribution is 4.99. The number of rotatable bonds is 16. The molecule has 6 fully saturated rings. The van der Waals surface area contributed by atoms with Crippen LogP contribution in [0.25, 0.3) is 0 Å². The Morgan fingerprint density at radius 3 is 1.27 bits per heavy atom. The minimum Gasteiger partial charge on any atom is -0.394 e. The molecule has 6 heterocycles. The molecular formula is C40H70O27. The molecule has 16 N–H and O–H groups in total. The summed E-state index contributed by atoms with van der Waals surface area (Å²) >= 11 is 0. The Balaban J connectivity index is 1.27. The van der Waals surface area contributed by atoms with Crippen molar-refractivity contribution in [1.29, 1.82) is 0 Å². The smallest absolute Gasteiger partial charge is 0.187 e. The third-order valence-corrected chi connectivity index (χ3v) is 13.8. The van der Waals surface area contributed by atoms with E-state index in [1.54, 1.807) is 13.8 Å². The van der Waals surface area contributed by atoms with Crippen molar-refractivity contribution in [3.05, 3.63) is 0 Å². The van der Waals surface area contributed by atoms with E-state index in [0.717, 1.165) is 0 Å². The molecule has 0 aromatic carbocycles. The maximum absolute atomic E-state index is 11.9. The summed E-state index contributed by atoms with van der Waals surface area (Å²) in [6.07, 6.45) is -43.4. The van der Waals surface area contributed by atoms with Crippen molar-refractivity contribution in [2.24, 2.45) is 17.8 Å². The second-order valence-corrected chi connectivity index (χ2v) is 18.2. The molecule has 0 aromatic heterocycles. The normalized spacial score (nSPS) is 53.4. The highest BCUT2D eigenvalue weighted by Crippen LogP contribution is 2.38. The lowest BCUT2D eigenvalue weighted by atomic mass is 9.88.